The first-order valence-electron chi connectivity index (χ1n) is 9.21. The van der Waals surface area contributed by atoms with Crippen LogP contribution in [-0.2, 0) is 10.0 Å². The Morgan fingerprint density at radius 3 is 2.18 bits per heavy atom. The van der Waals surface area contributed by atoms with Crippen LogP contribution in [0.5, 0.6) is 0 Å². The van der Waals surface area contributed by atoms with E-state index in [1.54, 1.807) is 24.3 Å². The molecule has 5 rings (SSSR count). The lowest BCUT2D eigenvalue weighted by Gasteiger charge is -2.10. The Morgan fingerprint density at radius 2 is 1.39 bits per heavy atom. The normalized spacial score (nSPS) is 12.2. The molecule has 0 saturated carbocycles. The summed E-state index contributed by atoms with van der Waals surface area (Å²) in [6.45, 7) is 4.16. The van der Waals surface area contributed by atoms with Gasteiger partial charge in [-0.25, -0.2) is 12.4 Å². The molecular formula is C24H19NO2S. The summed E-state index contributed by atoms with van der Waals surface area (Å²) < 4.78 is 28.6. The lowest BCUT2D eigenvalue weighted by atomic mass is 10.00. The van der Waals surface area contributed by atoms with Crippen molar-refractivity contribution in [3.05, 3.63) is 90.0 Å². The summed E-state index contributed by atoms with van der Waals surface area (Å²) in [6.07, 6.45) is 0. The minimum absolute atomic E-state index is 0.290. The minimum Gasteiger partial charge on any atom is -0.233 e. The molecule has 0 saturated heterocycles. The first-order valence-corrected chi connectivity index (χ1v) is 10.7. The van der Waals surface area contributed by atoms with Gasteiger partial charge in [-0.1, -0.05) is 54.1 Å². The van der Waals surface area contributed by atoms with Gasteiger partial charge in [0.05, 0.1) is 15.9 Å². The van der Waals surface area contributed by atoms with E-state index >= 15 is 0 Å². The molecule has 0 amide bonds. The summed E-state index contributed by atoms with van der Waals surface area (Å²) in [5.74, 6) is 0. The van der Waals surface area contributed by atoms with Crippen molar-refractivity contribution in [2.45, 2.75) is 18.7 Å². The van der Waals surface area contributed by atoms with Crippen LogP contribution in [0.1, 0.15) is 11.1 Å². The second kappa shape index (κ2) is 5.94. The van der Waals surface area contributed by atoms with Crippen LogP contribution in [0, 0.1) is 13.8 Å². The second-order valence-corrected chi connectivity index (χ2v) is 9.06. The fraction of sp³-hybridized carbons (Fsp3) is 0.0833. The molecule has 0 bridgehead atoms. The number of hydrogen-bond acceptors (Lipinski definition) is 2. The monoisotopic (exact) mass is 385 g/mol. The average molecular weight is 385 g/mol. The van der Waals surface area contributed by atoms with E-state index in [0.29, 0.717) is 11.0 Å². The van der Waals surface area contributed by atoms with Gasteiger partial charge in [-0.3, -0.25) is 0 Å². The fourth-order valence-electron chi connectivity index (χ4n) is 4.12. The van der Waals surface area contributed by atoms with Gasteiger partial charge in [0.1, 0.15) is 0 Å². The van der Waals surface area contributed by atoms with E-state index in [-0.39, 0.29) is 4.90 Å². The van der Waals surface area contributed by atoms with E-state index in [4.69, 9.17) is 0 Å². The molecule has 5 aromatic rings. The van der Waals surface area contributed by atoms with Crippen LogP contribution in [0.25, 0.3) is 32.6 Å². The summed E-state index contributed by atoms with van der Waals surface area (Å²) >= 11 is 0. The largest absolute Gasteiger partial charge is 0.268 e. The summed E-state index contributed by atoms with van der Waals surface area (Å²) in [5.41, 5.74) is 3.77. The number of rotatable bonds is 2. The van der Waals surface area contributed by atoms with Crippen molar-refractivity contribution < 1.29 is 8.42 Å². The third kappa shape index (κ3) is 2.38. The van der Waals surface area contributed by atoms with Crippen molar-refractivity contribution in [1.82, 2.24) is 3.97 Å². The lowest BCUT2D eigenvalue weighted by molar-refractivity contribution is 0.590. The maximum atomic E-state index is 13.6. The van der Waals surface area contributed by atoms with Gasteiger partial charge < -0.3 is 0 Å². The smallest absolute Gasteiger partial charge is 0.233 e. The highest BCUT2D eigenvalue weighted by Gasteiger charge is 2.23. The van der Waals surface area contributed by atoms with Crippen molar-refractivity contribution in [3.63, 3.8) is 0 Å². The SMILES string of the molecule is Cc1cc(C)c2cc3c4ccccc4n(S(=O)(=O)c4ccccc4)c3cc2c1. The number of hydrogen-bond donors (Lipinski definition) is 0. The quantitative estimate of drug-likeness (QED) is 0.385. The molecule has 4 heteroatoms. The van der Waals surface area contributed by atoms with Gasteiger partial charge >= 0.3 is 0 Å². The summed E-state index contributed by atoms with van der Waals surface area (Å²) in [4.78, 5) is 0.290. The third-order valence-corrected chi connectivity index (χ3v) is 7.08. The van der Waals surface area contributed by atoms with Crippen LogP contribution in [0.4, 0.5) is 0 Å². The van der Waals surface area contributed by atoms with E-state index in [1.165, 1.54) is 9.54 Å². The molecule has 1 heterocycles. The number of aromatic nitrogens is 1. The van der Waals surface area contributed by atoms with Crippen LogP contribution >= 0.6 is 0 Å². The molecule has 0 spiro atoms. The van der Waals surface area contributed by atoms with Crippen LogP contribution in [0.15, 0.2) is 83.8 Å². The minimum atomic E-state index is -3.72. The van der Waals surface area contributed by atoms with Gasteiger partial charge in [-0.15, -0.1) is 0 Å². The Morgan fingerprint density at radius 1 is 0.679 bits per heavy atom. The molecule has 0 atom stereocenters. The molecule has 0 N–H and O–H groups in total. The Hall–Kier alpha value is -3.11. The molecule has 0 aliphatic carbocycles. The number of nitrogens with zero attached hydrogens (tertiary/aromatic N) is 1. The first kappa shape index (κ1) is 17.0. The molecule has 28 heavy (non-hydrogen) atoms. The number of para-hydroxylation sites is 1. The van der Waals surface area contributed by atoms with Crippen molar-refractivity contribution in [3.8, 4) is 0 Å². The van der Waals surface area contributed by atoms with Crippen LogP contribution in [0.2, 0.25) is 0 Å². The summed E-state index contributed by atoms with van der Waals surface area (Å²) in [7, 11) is -3.72. The standard InChI is InChI=1S/C24H19NO2S/c1-16-12-17(2)21-15-22-20-10-6-7-11-23(20)25(24(22)14-18(21)13-16)28(26,27)19-8-4-3-5-9-19/h3-15H,1-2H3. The predicted octanol–water partition coefficient (Wildman–Crippen LogP) is 5.80. The molecule has 0 radical (unpaired) electrons. The number of aryl methyl sites for hydroxylation is 2. The van der Waals surface area contributed by atoms with Crippen LogP contribution in [-0.4, -0.2) is 12.4 Å². The van der Waals surface area contributed by atoms with Crippen LogP contribution in [0.3, 0.4) is 0 Å². The van der Waals surface area contributed by atoms with Crippen LogP contribution < -0.4 is 0 Å². The van der Waals surface area contributed by atoms with E-state index < -0.39 is 10.0 Å². The topological polar surface area (TPSA) is 39.1 Å². The van der Waals surface area contributed by atoms with Crippen molar-refractivity contribution in [1.29, 1.82) is 0 Å². The van der Waals surface area contributed by atoms with Gasteiger partial charge in [0.25, 0.3) is 10.0 Å². The zero-order valence-electron chi connectivity index (χ0n) is 15.7. The third-order valence-electron chi connectivity index (χ3n) is 5.33. The molecule has 3 nitrogen and oxygen atoms in total. The molecule has 138 valence electrons. The number of benzene rings is 4. The highest BCUT2D eigenvalue weighted by atomic mass is 32.2. The Labute approximate surface area is 163 Å². The summed E-state index contributed by atoms with van der Waals surface area (Å²) in [6, 6.07) is 24.7. The molecular weight excluding hydrogens is 366 g/mol. The number of fused-ring (bicyclic) bond motifs is 4. The molecule has 0 aliphatic rings. The lowest BCUT2D eigenvalue weighted by Crippen LogP contribution is -2.12. The maximum Gasteiger partial charge on any atom is 0.268 e. The average Bonchev–Trinajstić information content (AvgIpc) is 3.01. The van der Waals surface area contributed by atoms with Gasteiger partial charge in [-0.05, 0) is 60.5 Å². The highest BCUT2D eigenvalue weighted by Crippen LogP contribution is 2.36. The predicted molar refractivity (Wildman–Crippen MR) is 115 cm³/mol. The van der Waals surface area contributed by atoms with Crippen molar-refractivity contribution in [2.24, 2.45) is 0 Å². The second-order valence-electron chi connectivity index (χ2n) is 7.27. The van der Waals surface area contributed by atoms with Gasteiger partial charge in [-0.2, -0.15) is 0 Å². The fourth-order valence-corrected chi connectivity index (χ4v) is 5.66. The zero-order chi connectivity index (χ0) is 19.5. The summed E-state index contributed by atoms with van der Waals surface area (Å²) in [5, 5.41) is 4.10. The Bertz CT molecular complexity index is 1480. The molecule has 0 unspecified atom stereocenters. The molecule has 1 aromatic heterocycles. The first-order chi connectivity index (χ1) is 13.5. The van der Waals surface area contributed by atoms with Crippen molar-refractivity contribution in [2.75, 3.05) is 0 Å². The Kier molecular flexibility index (Phi) is 3.61. The van der Waals surface area contributed by atoms with E-state index in [1.807, 2.05) is 36.4 Å². The Balaban J connectivity index is 1.99. The molecule has 0 aliphatic heterocycles. The van der Waals surface area contributed by atoms with Crippen molar-refractivity contribution >= 4 is 42.6 Å². The zero-order valence-corrected chi connectivity index (χ0v) is 16.5. The van der Waals surface area contributed by atoms with Gasteiger partial charge in [0.15, 0.2) is 0 Å². The van der Waals surface area contributed by atoms with Gasteiger partial charge in [0.2, 0.25) is 0 Å². The highest BCUT2D eigenvalue weighted by molar-refractivity contribution is 7.90. The van der Waals surface area contributed by atoms with E-state index in [9.17, 15) is 8.42 Å². The molecule has 4 aromatic carbocycles. The molecule has 0 fully saturated rings. The van der Waals surface area contributed by atoms with Gasteiger partial charge in [0, 0.05) is 10.8 Å². The maximum absolute atomic E-state index is 13.6. The van der Waals surface area contributed by atoms with E-state index in [0.717, 1.165) is 27.1 Å². The van der Waals surface area contributed by atoms with E-state index in [2.05, 4.69) is 32.0 Å².